The fourth-order valence-electron chi connectivity index (χ4n) is 2.92. The number of hydrogen-bond acceptors (Lipinski definition) is 4. The van der Waals surface area contributed by atoms with Crippen LogP contribution in [-0.4, -0.2) is 29.7 Å². The standard InChI is InChI=1S/C21H21N3O3/c1-13-9-10-16(11-14(13)2)24-20(25)18(15(3)22-24)12-23(4)19-8-6-5-7-17(19)21(26)27/h5-12H,1-4H3,(H,26,27)/b18-12+. The summed E-state index contributed by atoms with van der Waals surface area (Å²) >= 11 is 0. The minimum Gasteiger partial charge on any atom is -0.478 e. The van der Waals surface area contributed by atoms with Gasteiger partial charge in [-0.3, -0.25) is 4.79 Å². The van der Waals surface area contributed by atoms with Crippen molar-refractivity contribution in [1.29, 1.82) is 0 Å². The molecule has 6 heteroatoms. The zero-order valence-corrected chi connectivity index (χ0v) is 15.7. The van der Waals surface area contributed by atoms with Crippen LogP contribution in [0.25, 0.3) is 0 Å². The van der Waals surface area contributed by atoms with Gasteiger partial charge in [0.05, 0.1) is 28.2 Å². The van der Waals surface area contributed by atoms with Crippen LogP contribution >= 0.6 is 0 Å². The Kier molecular flexibility index (Phi) is 4.81. The highest BCUT2D eigenvalue weighted by atomic mass is 16.4. The smallest absolute Gasteiger partial charge is 0.337 e. The fourth-order valence-corrected chi connectivity index (χ4v) is 2.92. The van der Waals surface area contributed by atoms with Gasteiger partial charge in [0.25, 0.3) is 5.91 Å². The Morgan fingerprint density at radius 1 is 1.11 bits per heavy atom. The number of amides is 1. The molecule has 0 bridgehead atoms. The fraction of sp³-hybridized carbons (Fsp3) is 0.190. The molecule has 1 N–H and O–H groups in total. The lowest BCUT2D eigenvalue weighted by atomic mass is 10.1. The molecule has 1 aliphatic rings. The van der Waals surface area contributed by atoms with Crippen molar-refractivity contribution in [3.05, 3.63) is 70.9 Å². The SMILES string of the molecule is CC1=NN(c2ccc(C)c(C)c2)C(=O)/C1=C/N(C)c1ccccc1C(=O)O. The van der Waals surface area contributed by atoms with E-state index in [9.17, 15) is 14.7 Å². The van der Waals surface area contributed by atoms with Gasteiger partial charge in [-0.05, 0) is 56.2 Å². The minimum absolute atomic E-state index is 0.169. The number of hydrogen-bond donors (Lipinski definition) is 1. The predicted octanol–water partition coefficient (Wildman–Crippen LogP) is 3.74. The van der Waals surface area contributed by atoms with Gasteiger partial charge in [0.1, 0.15) is 0 Å². The largest absolute Gasteiger partial charge is 0.478 e. The summed E-state index contributed by atoms with van der Waals surface area (Å²) in [6, 6.07) is 12.4. The number of carboxylic acid groups (broad SMARTS) is 1. The monoisotopic (exact) mass is 363 g/mol. The van der Waals surface area contributed by atoms with Crippen molar-refractivity contribution < 1.29 is 14.7 Å². The first-order valence-electron chi connectivity index (χ1n) is 8.54. The number of rotatable bonds is 4. The first kappa shape index (κ1) is 18.4. The van der Waals surface area contributed by atoms with Crippen LogP contribution in [0.15, 0.2) is 59.3 Å². The summed E-state index contributed by atoms with van der Waals surface area (Å²) in [6.07, 6.45) is 1.63. The van der Waals surface area contributed by atoms with Gasteiger partial charge in [-0.15, -0.1) is 0 Å². The Morgan fingerprint density at radius 2 is 1.81 bits per heavy atom. The van der Waals surface area contributed by atoms with Crippen molar-refractivity contribution >= 4 is 29.0 Å². The van der Waals surface area contributed by atoms with E-state index in [1.165, 1.54) is 11.1 Å². The van der Waals surface area contributed by atoms with Crippen LogP contribution in [0.1, 0.15) is 28.4 Å². The van der Waals surface area contributed by atoms with E-state index < -0.39 is 5.97 Å². The van der Waals surface area contributed by atoms with E-state index >= 15 is 0 Å². The molecule has 6 nitrogen and oxygen atoms in total. The van der Waals surface area contributed by atoms with Gasteiger partial charge in [0.15, 0.2) is 0 Å². The lowest BCUT2D eigenvalue weighted by Crippen LogP contribution is -2.23. The van der Waals surface area contributed by atoms with Crippen LogP contribution in [0.4, 0.5) is 11.4 Å². The summed E-state index contributed by atoms with van der Waals surface area (Å²) in [5.74, 6) is -1.26. The Balaban J connectivity index is 1.94. The Labute approximate surface area is 158 Å². The molecular weight excluding hydrogens is 342 g/mol. The average Bonchev–Trinajstić information content (AvgIpc) is 2.92. The van der Waals surface area contributed by atoms with Crippen LogP contribution in [0, 0.1) is 13.8 Å². The summed E-state index contributed by atoms with van der Waals surface area (Å²) in [7, 11) is 1.72. The molecule has 138 valence electrons. The predicted molar refractivity (Wildman–Crippen MR) is 106 cm³/mol. The van der Waals surface area contributed by atoms with E-state index in [4.69, 9.17) is 0 Å². The number of para-hydroxylation sites is 1. The van der Waals surface area contributed by atoms with E-state index in [1.807, 2.05) is 32.0 Å². The molecule has 1 amide bonds. The highest BCUT2D eigenvalue weighted by Crippen LogP contribution is 2.27. The third-order valence-corrected chi connectivity index (χ3v) is 4.63. The summed E-state index contributed by atoms with van der Waals surface area (Å²) in [5.41, 5.74) is 4.61. The third kappa shape index (κ3) is 3.46. The second-order valence-electron chi connectivity index (χ2n) is 6.55. The maximum atomic E-state index is 12.9. The molecule has 2 aromatic carbocycles. The number of carbonyl (C=O) groups is 2. The first-order valence-corrected chi connectivity index (χ1v) is 8.54. The van der Waals surface area contributed by atoms with Gasteiger partial charge in [-0.25, -0.2) is 4.79 Å². The second kappa shape index (κ2) is 7.07. The van der Waals surface area contributed by atoms with Crippen molar-refractivity contribution in [2.45, 2.75) is 20.8 Å². The molecule has 1 heterocycles. The number of aryl methyl sites for hydroxylation is 2. The summed E-state index contributed by atoms with van der Waals surface area (Å²) in [6.45, 7) is 5.77. The van der Waals surface area contributed by atoms with Gasteiger partial charge >= 0.3 is 5.97 Å². The van der Waals surface area contributed by atoms with Crippen LogP contribution in [-0.2, 0) is 4.79 Å². The van der Waals surface area contributed by atoms with Crippen molar-refractivity contribution in [3.63, 3.8) is 0 Å². The molecule has 0 saturated heterocycles. The molecule has 2 aromatic rings. The zero-order valence-electron chi connectivity index (χ0n) is 15.7. The Morgan fingerprint density at radius 3 is 2.48 bits per heavy atom. The molecule has 3 rings (SSSR count). The van der Waals surface area contributed by atoms with Gasteiger partial charge < -0.3 is 10.0 Å². The van der Waals surface area contributed by atoms with E-state index in [1.54, 1.807) is 43.3 Å². The minimum atomic E-state index is -1.02. The highest BCUT2D eigenvalue weighted by Gasteiger charge is 2.29. The van der Waals surface area contributed by atoms with Gasteiger partial charge in [0, 0.05) is 13.2 Å². The molecule has 0 fully saturated rings. The molecule has 27 heavy (non-hydrogen) atoms. The van der Waals surface area contributed by atoms with Crippen LogP contribution < -0.4 is 9.91 Å². The van der Waals surface area contributed by atoms with Crippen LogP contribution in [0.2, 0.25) is 0 Å². The maximum Gasteiger partial charge on any atom is 0.337 e. The Bertz CT molecular complexity index is 992. The van der Waals surface area contributed by atoms with Crippen molar-refractivity contribution in [2.75, 3.05) is 17.0 Å². The number of carbonyl (C=O) groups excluding carboxylic acids is 1. The molecule has 1 aliphatic heterocycles. The quantitative estimate of drug-likeness (QED) is 0.840. The van der Waals surface area contributed by atoms with E-state index in [0.29, 0.717) is 22.7 Å². The molecule has 0 atom stereocenters. The topological polar surface area (TPSA) is 73.2 Å². The number of aromatic carboxylic acids is 1. The third-order valence-electron chi connectivity index (χ3n) is 4.63. The number of carboxylic acids is 1. The number of hydrazone groups is 1. The molecule has 0 radical (unpaired) electrons. The van der Waals surface area contributed by atoms with Gasteiger partial charge in [0.2, 0.25) is 0 Å². The van der Waals surface area contributed by atoms with E-state index in [0.717, 1.165) is 11.1 Å². The normalized spacial score (nSPS) is 15.3. The van der Waals surface area contributed by atoms with Crippen molar-refractivity contribution in [1.82, 2.24) is 0 Å². The van der Waals surface area contributed by atoms with E-state index in [-0.39, 0.29) is 11.5 Å². The number of benzene rings is 2. The molecule has 0 saturated carbocycles. The number of anilines is 2. The summed E-state index contributed by atoms with van der Waals surface area (Å²) in [5, 5.41) is 15.1. The molecule has 0 spiro atoms. The summed E-state index contributed by atoms with van der Waals surface area (Å²) in [4.78, 5) is 26.0. The second-order valence-corrected chi connectivity index (χ2v) is 6.55. The lowest BCUT2D eigenvalue weighted by molar-refractivity contribution is -0.114. The Hall–Kier alpha value is -3.41. The van der Waals surface area contributed by atoms with Crippen molar-refractivity contribution in [2.24, 2.45) is 5.10 Å². The average molecular weight is 363 g/mol. The summed E-state index contributed by atoms with van der Waals surface area (Å²) < 4.78 is 0. The molecule has 0 aliphatic carbocycles. The van der Waals surface area contributed by atoms with Crippen LogP contribution in [0.5, 0.6) is 0 Å². The van der Waals surface area contributed by atoms with Crippen LogP contribution in [0.3, 0.4) is 0 Å². The van der Waals surface area contributed by atoms with E-state index in [2.05, 4.69) is 5.10 Å². The maximum absolute atomic E-state index is 12.9. The zero-order chi connectivity index (χ0) is 19.7. The van der Waals surface area contributed by atoms with Gasteiger partial charge in [-0.2, -0.15) is 10.1 Å². The first-order chi connectivity index (χ1) is 12.8. The van der Waals surface area contributed by atoms with Crippen molar-refractivity contribution in [3.8, 4) is 0 Å². The lowest BCUT2D eigenvalue weighted by Gasteiger charge is -2.18. The molecular formula is C21H21N3O3. The molecule has 0 aromatic heterocycles. The highest BCUT2D eigenvalue weighted by molar-refractivity contribution is 6.29. The van der Waals surface area contributed by atoms with Gasteiger partial charge in [-0.1, -0.05) is 18.2 Å². The molecule has 0 unspecified atom stereocenters. The number of nitrogens with zero attached hydrogens (tertiary/aromatic N) is 3.